The van der Waals surface area contributed by atoms with Gasteiger partial charge in [0.2, 0.25) is 5.43 Å². The zero-order valence-corrected chi connectivity index (χ0v) is 14.2. The van der Waals surface area contributed by atoms with Gasteiger partial charge in [0.25, 0.3) is 5.91 Å². The number of fused-ring (bicyclic) bond motifs is 1. The second-order valence-electron chi connectivity index (χ2n) is 5.49. The summed E-state index contributed by atoms with van der Waals surface area (Å²) in [4.78, 5) is 25.4. The largest absolute Gasteiger partial charge is 0.495 e. The number of methoxy groups -OCH3 is 2. The first-order chi connectivity index (χ1) is 12.1. The summed E-state index contributed by atoms with van der Waals surface area (Å²) in [5.74, 6) is 0.610. The normalized spacial score (nSPS) is 10.5. The summed E-state index contributed by atoms with van der Waals surface area (Å²) in [7, 11) is 4.83. The Bertz CT molecular complexity index is 1010. The lowest BCUT2D eigenvalue weighted by Crippen LogP contribution is -2.23. The highest BCUT2D eigenvalue weighted by molar-refractivity contribution is 6.06. The minimum Gasteiger partial charge on any atom is -0.495 e. The standard InChI is InChI=1S/C19H18N2O4/c1-21-11-13(18(22)12-7-6-10-16(25-3)17(12)21)19(23)20-14-8-4-5-9-15(14)24-2/h4-11H,1-3H3,(H,20,23). The van der Waals surface area contributed by atoms with Crippen LogP contribution in [-0.2, 0) is 7.05 Å². The van der Waals surface area contributed by atoms with Crippen molar-refractivity contribution in [2.24, 2.45) is 7.05 Å². The Morgan fingerprint density at radius 2 is 1.68 bits per heavy atom. The summed E-state index contributed by atoms with van der Waals surface area (Å²) in [6.45, 7) is 0. The maximum atomic E-state index is 12.8. The van der Waals surface area contributed by atoms with Gasteiger partial charge in [-0.05, 0) is 24.3 Å². The number of hydrogen-bond donors (Lipinski definition) is 1. The predicted octanol–water partition coefficient (Wildman–Crippen LogP) is 2.81. The van der Waals surface area contributed by atoms with Crippen molar-refractivity contribution >= 4 is 22.5 Å². The maximum absolute atomic E-state index is 12.8. The van der Waals surface area contributed by atoms with Crippen molar-refractivity contribution in [2.45, 2.75) is 0 Å². The molecule has 2 aromatic carbocycles. The number of carbonyl (C=O) groups excluding carboxylic acids is 1. The Balaban J connectivity index is 2.09. The molecule has 3 aromatic rings. The number of nitrogens with one attached hydrogen (secondary N) is 1. The number of benzene rings is 2. The molecule has 0 spiro atoms. The van der Waals surface area contributed by atoms with Gasteiger partial charge in [-0.15, -0.1) is 0 Å². The molecular weight excluding hydrogens is 320 g/mol. The van der Waals surface area contributed by atoms with E-state index in [0.717, 1.165) is 0 Å². The Morgan fingerprint density at radius 1 is 1.00 bits per heavy atom. The smallest absolute Gasteiger partial charge is 0.261 e. The fraction of sp³-hybridized carbons (Fsp3) is 0.158. The zero-order chi connectivity index (χ0) is 18.0. The molecule has 25 heavy (non-hydrogen) atoms. The molecule has 0 aliphatic heterocycles. The third-order valence-corrected chi connectivity index (χ3v) is 3.98. The van der Waals surface area contributed by atoms with Gasteiger partial charge >= 0.3 is 0 Å². The molecule has 0 fully saturated rings. The molecule has 3 rings (SSSR count). The van der Waals surface area contributed by atoms with Crippen LogP contribution in [0.4, 0.5) is 5.69 Å². The number of carbonyl (C=O) groups is 1. The number of nitrogens with zero attached hydrogens (tertiary/aromatic N) is 1. The molecule has 0 bridgehead atoms. The summed E-state index contributed by atoms with van der Waals surface area (Å²) in [5, 5.41) is 3.16. The van der Waals surface area contributed by atoms with E-state index >= 15 is 0 Å². The van der Waals surface area contributed by atoms with Crippen LogP contribution in [0, 0.1) is 0 Å². The predicted molar refractivity (Wildman–Crippen MR) is 96.7 cm³/mol. The van der Waals surface area contributed by atoms with Gasteiger partial charge in [0.1, 0.15) is 17.1 Å². The Morgan fingerprint density at radius 3 is 2.40 bits per heavy atom. The van der Waals surface area contributed by atoms with Gasteiger partial charge in [-0.1, -0.05) is 18.2 Å². The van der Waals surface area contributed by atoms with Gasteiger partial charge in [0, 0.05) is 13.2 Å². The van der Waals surface area contributed by atoms with Crippen LogP contribution in [0.5, 0.6) is 11.5 Å². The van der Waals surface area contributed by atoms with Gasteiger partial charge < -0.3 is 19.4 Å². The number of rotatable bonds is 4. The van der Waals surface area contributed by atoms with Crippen molar-refractivity contribution < 1.29 is 14.3 Å². The third-order valence-electron chi connectivity index (χ3n) is 3.98. The molecule has 0 aliphatic carbocycles. The number of amides is 1. The zero-order valence-electron chi connectivity index (χ0n) is 14.2. The van der Waals surface area contributed by atoms with Crippen LogP contribution in [0.3, 0.4) is 0 Å². The van der Waals surface area contributed by atoms with Crippen molar-refractivity contribution in [2.75, 3.05) is 19.5 Å². The molecule has 1 heterocycles. The summed E-state index contributed by atoms with van der Waals surface area (Å²) < 4.78 is 12.2. The lowest BCUT2D eigenvalue weighted by molar-refractivity contribution is 0.102. The van der Waals surface area contributed by atoms with Gasteiger partial charge in [0.15, 0.2) is 0 Å². The van der Waals surface area contributed by atoms with E-state index in [4.69, 9.17) is 9.47 Å². The lowest BCUT2D eigenvalue weighted by atomic mass is 10.1. The number of hydrogen-bond acceptors (Lipinski definition) is 4. The molecule has 1 N–H and O–H groups in total. The number of aryl methyl sites for hydroxylation is 1. The number of aromatic nitrogens is 1. The van der Waals surface area contributed by atoms with E-state index in [1.54, 1.807) is 61.2 Å². The van der Waals surface area contributed by atoms with Crippen LogP contribution in [-0.4, -0.2) is 24.7 Å². The van der Waals surface area contributed by atoms with Gasteiger partial charge in [-0.2, -0.15) is 0 Å². The van der Waals surface area contributed by atoms with Crippen molar-refractivity contribution in [3.05, 3.63) is 64.4 Å². The maximum Gasteiger partial charge on any atom is 0.261 e. The number of para-hydroxylation sites is 3. The third kappa shape index (κ3) is 2.94. The molecule has 0 atom stereocenters. The minimum atomic E-state index is -0.491. The average Bonchev–Trinajstić information content (AvgIpc) is 2.64. The molecule has 0 saturated heterocycles. The van der Waals surface area contributed by atoms with Crippen molar-refractivity contribution in [3.63, 3.8) is 0 Å². The summed E-state index contributed by atoms with van der Waals surface area (Å²) in [6, 6.07) is 12.2. The Hall–Kier alpha value is -3.28. The molecule has 1 amide bonds. The van der Waals surface area contributed by atoms with E-state index in [1.165, 1.54) is 13.3 Å². The molecule has 0 unspecified atom stereocenters. The highest BCUT2D eigenvalue weighted by Gasteiger charge is 2.17. The van der Waals surface area contributed by atoms with Gasteiger partial charge in [-0.25, -0.2) is 0 Å². The van der Waals surface area contributed by atoms with Gasteiger partial charge in [-0.3, -0.25) is 9.59 Å². The van der Waals surface area contributed by atoms with E-state index in [2.05, 4.69) is 5.32 Å². The molecule has 6 heteroatoms. The van der Waals surface area contributed by atoms with Crippen LogP contribution in [0.15, 0.2) is 53.5 Å². The molecule has 0 aliphatic rings. The monoisotopic (exact) mass is 338 g/mol. The summed E-state index contributed by atoms with van der Waals surface area (Å²) in [5.41, 5.74) is 0.847. The minimum absolute atomic E-state index is 0.0501. The first-order valence-electron chi connectivity index (χ1n) is 7.67. The highest BCUT2D eigenvalue weighted by atomic mass is 16.5. The summed E-state index contributed by atoms with van der Waals surface area (Å²) >= 11 is 0. The van der Waals surface area contributed by atoms with Crippen molar-refractivity contribution in [3.8, 4) is 11.5 Å². The molecule has 0 saturated carbocycles. The van der Waals surface area contributed by atoms with Crippen LogP contribution in [0.25, 0.3) is 10.9 Å². The molecule has 6 nitrogen and oxygen atoms in total. The molecular formula is C19H18N2O4. The van der Waals surface area contributed by atoms with Crippen molar-refractivity contribution in [1.82, 2.24) is 4.57 Å². The number of anilines is 1. The number of ether oxygens (including phenoxy) is 2. The molecule has 0 radical (unpaired) electrons. The lowest BCUT2D eigenvalue weighted by Gasteiger charge is -2.13. The average molecular weight is 338 g/mol. The van der Waals surface area contributed by atoms with Crippen molar-refractivity contribution in [1.29, 1.82) is 0 Å². The number of pyridine rings is 1. The molecule has 128 valence electrons. The van der Waals surface area contributed by atoms with Crippen LogP contribution < -0.4 is 20.2 Å². The SMILES string of the molecule is COc1ccccc1NC(=O)c1cn(C)c2c(OC)cccc2c1=O. The quantitative estimate of drug-likeness (QED) is 0.794. The Kier molecular flexibility index (Phi) is 4.43. The van der Waals surface area contributed by atoms with E-state index in [-0.39, 0.29) is 11.0 Å². The van der Waals surface area contributed by atoms with E-state index in [9.17, 15) is 9.59 Å². The second-order valence-corrected chi connectivity index (χ2v) is 5.49. The van der Waals surface area contributed by atoms with E-state index in [0.29, 0.717) is 28.1 Å². The summed E-state index contributed by atoms with van der Waals surface area (Å²) in [6.07, 6.45) is 1.51. The van der Waals surface area contributed by atoms with Crippen LogP contribution in [0.2, 0.25) is 0 Å². The fourth-order valence-electron chi connectivity index (χ4n) is 2.80. The van der Waals surface area contributed by atoms with Crippen LogP contribution in [0.1, 0.15) is 10.4 Å². The molecule has 1 aromatic heterocycles. The highest BCUT2D eigenvalue weighted by Crippen LogP contribution is 2.25. The first kappa shape index (κ1) is 16.6. The first-order valence-corrected chi connectivity index (χ1v) is 7.67. The van der Waals surface area contributed by atoms with Crippen LogP contribution >= 0.6 is 0 Å². The second kappa shape index (κ2) is 6.68. The van der Waals surface area contributed by atoms with E-state index in [1.807, 2.05) is 0 Å². The topological polar surface area (TPSA) is 69.6 Å². The van der Waals surface area contributed by atoms with E-state index < -0.39 is 5.91 Å². The van der Waals surface area contributed by atoms with Gasteiger partial charge in [0.05, 0.1) is 30.8 Å². The fourth-order valence-corrected chi connectivity index (χ4v) is 2.80. The Labute approximate surface area is 144 Å².